The Balaban J connectivity index is 2.32. The first-order chi connectivity index (χ1) is 5.24. The van der Waals surface area contributed by atoms with Crippen molar-refractivity contribution in [2.45, 2.75) is 19.8 Å². The Morgan fingerprint density at radius 1 is 1.45 bits per heavy atom. The van der Waals surface area contributed by atoms with Crippen LogP contribution in [0.4, 0.5) is 0 Å². The quantitative estimate of drug-likeness (QED) is 0.533. The van der Waals surface area contributed by atoms with Crippen LogP contribution in [0, 0.1) is 11.8 Å². The van der Waals surface area contributed by atoms with Gasteiger partial charge in [0.25, 0.3) is 0 Å². The number of rotatable bonds is 1. The maximum Gasteiger partial charge on any atom is -0.00902 e. The molecule has 0 aliphatic heterocycles. The highest BCUT2D eigenvalue weighted by atomic mass is 14.5. The molecule has 0 nitrogen and oxygen atoms in total. The van der Waals surface area contributed by atoms with Gasteiger partial charge in [-0.05, 0) is 35.8 Å². The second kappa shape index (κ2) is 2.10. The molecule has 11 heavy (non-hydrogen) atoms. The van der Waals surface area contributed by atoms with Gasteiger partial charge in [-0.25, -0.2) is 0 Å². The molecule has 2 atom stereocenters. The van der Waals surface area contributed by atoms with Gasteiger partial charge in [0.1, 0.15) is 0 Å². The summed E-state index contributed by atoms with van der Waals surface area (Å²) in [6, 6.07) is 0. The van der Waals surface area contributed by atoms with Crippen molar-refractivity contribution in [1.29, 1.82) is 0 Å². The average molecular weight is 146 g/mol. The van der Waals surface area contributed by atoms with E-state index in [9.17, 15) is 0 Å². The van der Waals surface area contributed by atoms with E-state index in [1.807, 2.05) is 0 Å². The molecule has 0 heteroatoms. The second-order valence-electron chi connectivity index (χ2n) is 3.57. The highest BCUT2D eigenvalue weighted by molar-refractivity contribution is 5.47. The fraction of sp³-hybridized carbons (Fsp3) is 0.455. The van der Waals surface area contributed by atoms with Crippen LogP contribution in [0.5, 0.6) is 0 Å². The highest BCUT2D eigenvalue weighted by Gasteiger charge is 2.43. The molecule has 1 saturated carbocycles. The molecule has 0 bridgehead atoms. The average Bonchev–Trinajstić information content (AvgIpc) is 2.75. The minimum Gasteiger partial charge on any atom is -0.0955 e. The predicted octanol–water partition coefficient (Wildman–Crippen LogP) is 3.08. The Morgan fingerprint density at radius 3 is 2.82 bits per heavy atom. The summed E-state index contributed by atoms with van der Waals surface area (Å²) in [5, 5.41) is 0. The molecular formula is C11H14. The summed E-state index contributed by atoms with van der Waals surface area (Å²) in [7, 11) is 0. The van der Waals surface area contributed by atoms with E-state index >= 15 is 0 Å². The molecule has 2 aliphatic carbocycles. The highest BCUT2D eigenvalue weighted by Crippen LogP contribution is 2.54. The van der Waals surface area contributed by atoms with E-state index in [4.69, 9.17) is 0 Å². The van der Waals surface area contributed by atoms with Crippen molar-refractivity contribution in [1.82, 2.24) is 0 Å². The topological polar surface area (TPSA) is 0 Å². The van der Waals surface area contributed by atoms with Gasteiger partial charge in [-0.15, -0.1) is 0 Å². The normalized spacial score (nSPS) is 34.8. The van der Waals surface area contributed by atoms with Crippen LogP contribution in [-0.2, 0) is 0 Å². The zero-order valence-electron chi connectivity index (χ0n) is 7.06. The van der Waals surface area contributed by atoms with Crippen molar-refractivity contribution in [3.8, 4) is 0 Å². The Labute approximate surface area is 68.3 Å². The lowest BCUT2D eigenvalue weighted by Crippen LogP contribution is -1.99. The van der Waals surface area contributed by atoms with Gasteiger partial charge < -0.3 is 0 Å². The third-order valence-corrected chi connectivity index (χ3v) is 2.87. The molecule has 0 heterocycles. The fourth-order valence-electron chi connectivity index (χ4n) is 1.98. The van der Waals surface area contributed by atoms with Crippen molar-refractivity contribution in [2.75, 3.05) is 0 Å². The molecule has 2 rings (SSSR count). The molecule has 0 aromatic heterocycles. The van der Waals surface area contributed by atoms with E-state index in [2.05, 4.69) is 26.2 Å². The van der Waals surface area contributed by atoms with Gasteiger partial charge in [0.2, 0.25) is 0 Å². The van der Waals surface area contributed by atoms with Crippen LogP contribution in [-0.4, -0.2) is 0 Å². The van der Waals surface area contributed by atoms with E-state index in [-0.39, 0.29) is 0 Å². The minimum atomic E-state index is 0.762. The SMILES string of the molecule is C=C1C=C(CC)C(=C)[C@@H]2CC12. The van der Waals surface area contributed by atoms with Crippen molar-refractivity contribution in [3.05, 3.63) is 36.0 Å². The van der Waals surface area contributed by atoms with Gasteiger partial charge in [-0.2, -0.15) is 0 Å². The minimum absolute atomic E-state index is 0.762. The maximum atomic E-state index is 4.11. The molecular weight excluding hydrogens is 132 g/mol. The summed E-state index contributed by atoms with van der Waals surface area (Å²) in [6.07, 6.45) is 4.65. The smallest absolute Gasteiger partial charge is 0.00902 e. The van der Waals surface area contributed by atoms with Gasteiger partial charge in [0.15, 0.2) is 0 Å². The number of hydrogen-bond donors (Lipinski definition) is 0. The second-order valence-corrected chi connectivity index (χ2v) is 3.57. The largest absolute Gasteiger partial charge is 0.0955 e. The van der Waals surface area contributed by atoms with Crippen LogP contribution >= 0.6 is 0 Å². The van der Waals surface area contributed by atoms with E-state index < -0.39 is 0 Å². The maximum absolute atomic E-state index is 4.11. The van der Waals surface area contributed by atoms with Crippen molar-refractivity contribution in [2.24, 2.45) is 11.8 Å². The third-order valence-electron chi connectivity index (χ3n) is 2.87. The summed E-state index contributed by atoms with van der Waals surface area (Å²) >= 11 is 0. The Morgan fingerprint density at radius 2 is 2.18 bits per heavy atom. The van der Waals surface area contributed by atoms with Crippen LogP contribution in [0.2, 0.25) is 0 Å². The number of hydrogen-bond acceptors (Lipinski definition) is 0. The summed E-state index contributed by atoms with van der Waals surface area (Å²) in [6.45, 7) is 10.4. The molecule has 0 radical (unpaired) electrons. The molecule has 0 spiro atoms. The molecule has 0 saturated heterocycles. The Bertz CT molecular complexity index is 255. The molecule has 1 fully saturated rings. The van der Waals surface area contributed by atoms with Crippen LogP contribution in [0.3, 0.4) is 0 Å². The number of allylic oxidation sites excluding steroid dienone is 4. The molecule has 0 N–H and O–H groups in total. The monoisotopic (exact) mass is 146 g/mol. The molecule has 2 aliphatic rings. The molecule has 0 aromatic carbocycles. The lowest BCUT2D eigenvalue weighted by Gasteiger charge is -2.14. The molecule has 0 aromatic rings. The molecule has 58 valence electrons. The first-order valence-corrected chi connectivity index (χ1v) is 4.32. The lowest BCUT2D eigenvalue weighted by molar-refractivity contribution is 0.858. The van der Waals surface area contributed by atoms with Gasteiger partial charge in [-0.3, -0.25) is 0 Å². The van der Waals surface area contributed by atoms with Crippen LogP contribution in [0.1, 0.15) is 19.8 Å². The first kappa shape index (κ1) is 6.90. The van der Waals surface area contributed by atoms with Gasteiger partial charge >= 0.3 is 0 Å². The van der Waals surface area contributed by atoms with Gasteiger partial charge in [-0.1, -0.05) is 31.7 Å². The van der Waals surface area contributed by atoms with Gasteiger partial charge in [0.05, 0.1) is 0 Å². The van der Waals surface area contributed by atoms with E-state index in [1.54, 1.807) is 0 Å². The van der Waals surface area contributed by atoms with E-state index in [0.717, 1.165) is 18.3 Å². The first-order valence-electron chi connectivity index (χ1n) is 4.32. The predicted molar refractivity (Wildman–Crippen MR) is 48.3 cm³/mol. The zero-order valence-corrected chi connectivity index (χ0v) is 7.06. The van der Waals surface area contributed by atoms with Crippen LogP contribution in [0.25, 0.3) is 0 Å². The van der Waals surface area contributed by atoms with Gasteiger partial charge in [0, 0.05) is 0 Å². The number of fused-ring (bicyclic) bond motifs is 1. The molecule has 0 amide bonds. The van der Waals surface area contributed by atoms with Crippen molar-refractivity contribution < 1.29 is 0 Å². The Hall–Kier alpha value is -0.780. The third kappa shape index (κ3) is 0.891. The van der Waals surface area contributed by atoms with Crippen molar-refractivity contribution >= 4 is 0 Å². The van der Waals surface area contributed by atoms with E-state index in [0.29, 0.717) is 0 Å². The summed E-state index contributed by atoms with van der Waals surface area (Å²) in [5.41, 5.74) is 4.14. The summed E-state index contributed by atoms with van der Waals surface area (Å²) in [5.74, 6) is 1.53. The Kier molecular flexibility index (Phi) is 1.32. The standard InChI is InChI=1S/C11H14/c1-4-9-5-7(2)10-6-11(10)8(9)3/h5,10-11H,2-4,6H2,1H3/t10?,11-/m0/s1. The summed E-state index contributed by atoms with van der Waals surface area (Å²) < 4.78 is 0. The van der Waals surface area contributed by atoms with Crippen molar-refractivity contribution in [3.63, 3.8) is 0 Å². The zero-order chi connectivity index (χ0) is 8.01. The lowest BCUT2D eigenvalue weighted by atomic mass is 9.91. The molecule has 1 unspecified atom stereocenters. The van der Waals surface area contributed by atoms with E-state index in [1.165, 1.54) is 23.1 Å². The fourth-order valence-corrected chi connectivity index (χ4v) is 1.98. The summed E-state index contributed by atoms with van der Waals surface area (Å²) in [4.78, 5) is 0. The van der Waals surface area contributed by atoms with Crippen LogP contribution in [0.15, 0.2) is 36.0 Å². The van der Waals surface area contributed by atoms with Crippen LogP contribution < -0.4 is 0 Å².